The second-order valence-corrected chi connectivity index (χ2v) is 8.69. The van der Waals surface area contributed by atoms with Crippen LogP contribution in [0, 0.1) is 0 Å². The molecule has 11 heteroatoms. The Bertz CT molecular complexity index is 1010. The Balaban J connectivity index is 2.10. The van der Waals surface area contributed by atoms with E-state index in [1.165, 1.54) is 10.4 Å². The summed E-state index contributed by atoms with van der Waals surface area (Å²) in [6.07, 6.45) is -0.800. The van der Waals surface area contributed by atoms with Gasteiger partial charge in [-0.25, -0.2) is 13.4 Å². The number of nitrogens with one attached hydrogen (secondary N) is 1. The molecule has 0 spiro atoms. The first-order valence-corrected chi connectivity index (χ1v) is 11.5. The number of nitrogen functional groups attached to an aromatic ring is 2. The highest BCUT2D eigenvalue weighted by Gasteiger charge is 2.21. The molecule has 0 aliphatic carbocycles. The lowest BCUT2D eigenvalue weighted by molar-refractivity contribution is -0.246. The summed E-state index contributed by atoms with van der Waals surface area (Å²) in [6, 6.07) is 8.23. The zero-order valence-electron chi connectivity index (χ0n) is 18.0. The monoisotopic (exact) mass is 449 g/mol. The molecule has 170 valence electrons. The Labute approximate surface area is 182 Å². The minimum Gasteiger partial charge on any atom is -0.530 e. The van der Waals surface area contributed by atoms with Gasteiger partial charge < -0.3 is 31.6 Å². The van der Waals surface area contributed by atoms with Crippen molar-refractivity contribution >= 4 is 39.1 Å². The number of carboxylic acid groups (broad SMARTS) is 1. The molecule has 10 nitrogen and oxygen atoms in total. The molecular weight excluding hydrogens is 420 g/mol. The predicted molar refractivity (Wildman–Crippen MR) is 120 cm³/mol. The van der Waals surface area contributed by atoms with Gasteiger partial charge in [0.05, 0.1) is 16.3 Å². The number of amides is 1. The van der Waals surface area contributed by atoms with Crippen LogP contribution in [0.5, 0.6) is 0 Å². The predicted octanol–water partition coefficient (Wildman–Crippen LogP) is 1.10. The van der Waals surface area contributed by atoms with Gasteiger partial charge in [-0.15, -0.1) is 0 Å². The van der Waals surface area contributed by atoms with Crippen LogP contribution in [0.3, 0.4) is 0 Å². The average molecular weight is 450 g/mol. The highest BCUT2D eigenvalue weighted by molar-refractivity contribution is 7.89. The molecule has 0 saturated carbocycles. The summed E-state index contributed by atoms with van der Waals surface area (Å²) in [6.45, 7) is 6.70. The number of carbonyl (C=O) groups excluding carboxylic acids is 1. The number of hydrogen-bond donors (Lipinski definition) is 3. The molecule has 0 fully saturated rings. The van der Waals surface area contributed by atoms with Crippen molar-refractivity contribution in [2.75, 3.05) is 47.9 Å². The number of rotatable bonds is 10. The highest BCUT2D eigenvalue weighted by Crippen LogP contribution is 2.28. The number of aromatic nitrogens is 1. The van der Waals surface area contributed by atoms with Crippen molar-refractivity contribution in [3.63, 3.8) is 0 Å². The summed E-state index contributed by atoms with van der Waals surface area (Å²) >= 11 is 0. The smallest absolute Gasteiger partial charge is 0.243 e. The second kappa shape index (κ2) is 10.3. The van der Waals surface area contributed by atoms with Gasteiger partial charge in [0.15, 0.2) is 5.82 Å². The molecule has 0 bridgehead atoms. The van der Waals surface area contributed by atoms with Crippen LogP contribution in [0.4, 0.5) is 27.8 Å². The maximum absolute atomic E-state index is 12.6. The largest absolute Gasteiger partial charge is 0.530 e. The molecule has 0 atom stereocenters. The van der Waals surface area contributed by atoms with E-state index >= 15 is 0 Å². The first-order chi connectivity index (χ1) is 14.6. The number of nitrogens with zero attached hydrogens (tertiary/aromatic N) is 3. The van der Waals surface area contributed by atoms with E-state index in [0.717, 1.165) is 10.5 Å². The minimum absolute atomic E-state index is 0.0191. The van der Waals surface area contributed by atoms with Crippen LogP contribution in [0.2, 0.25) is 0 Å². The molecule has 0 radical (unpaired) electrons. The van der Waals surface area contributed by atoms with Gasteiger partial charge in [0.25, 0.3) is 0 Å². The number of sulfonamides is 1. The fraction of sp³-hybridized carbons (Fsp3) is 0.400. The summed E-state index contributed by atoms with van der Waals surface area (Å²) in [5.74, 6) is 0.147. The molecule has 0 unspecified atom stereocenters. The van der Waals surface area contributed by atoms with Crippen LogP contribution in [-0.2, 0) is 16.4 Å². The van der Waals surface area contributed by atoms with Crippen LogP contribution in [0.1, 0.15) is 26.3 Å². The van der Waals surface area contributed by atoms with Crippen molar-refractivity contribution in [1.29, 1.82) is 0 Å². The molecule has 2 rings (SSSR count). The van der Waals surface area contributed by atoms with Crippen LogP contribution in [-0.4, -0.2) is 50.0 Å². The molecule has 0 aliphatic rings. The summed E-state index contributed by atoms with van der Waals surface area (Å²) < 4.78 is 26.5. The van der Waals surface area contributed by atoms with Crippen molar-refractivity contribution in [3.05, 3.63) is 35.9 Å². The lowest BCUT2D eigenvalue weighted by Gasteiger charge is -2.24. The Morgan fingerprint density at radius 1 is 1.10 bits per heavy atom. The molecule has 0 saturated heterocycles. The number of benzene rings is 1. The van der Waals surface area contributed by atoms with Gasteiger partial charge in [0, 0.05) is 32.2 Å². The zero-order valence-corrected chi connectivity index (χ0v) is 18.8. The van der Waals surface area contributed by atoms with Crippen LogP contribution < -0.4 is 26.8 Å². The number of hydrogen-bond acceptors (Lipinski definition) is 8. The van der Waals surface area contributed by atoms with Gasteiger partial charge in [0.1, 0.15) is 11.9 Å². The van der Waals surface area contributed by atoms with Crippen LogP contribution in [0.15, 0.2) is 35.2 Å². The molecule has 2 aromatic rings. The molecule has 5 N–H and O–H groups in total. The summed E-state index contributed by atoms with van der Waals surface area (Å²) in [7, 11) is -3.49. The first-order valence-electron chi connectivity index (χ1n) is 10.0. The molecule has 31 heavy (non-hydrogen) atoms. The molecule has 1 aromatic carbocycles. The van der Waals surface area contributed by atoms with Crippen molar-refractivity contribution in [1.82, 2.24) is 9.29 Å². The standard InChI is InChI=1S/C20H30N6O4S/c1-4-25(5-2)31(29,30)15-9-7-14(8-10-15)11-12-23-16-13-17(24-19(22)18(16)21)26(6-3)20(27)28/h7-10,13H,4-6,11-12,21H2,1-3H3,(H,27,28)(H3,22,23,24)/p-1. The first kappa shape index (κ1) is 24.2. The maximum atomic E-state index is 12.6. The Morgan fingerprint density at radius 3 is 2.23 bits per heavy atom. The summed E-state index contributed by atoms with van der Waals surface area (Å²) in [5, 5.41) is 14.4. The highest BCUT2D eigenvalue weighted by atomic mass is 32.2. The van der Waals surface area contributed by atoms with Gasteiger partial charge in [-0.1, -0.05) is 26.0 Å². The van der Waals surface area contributed by atoms with E-state index in [1.807, 2.05) is 0 Å². The molecule has 1 aromatic heterocycles. The van der Waals surface area contributed by atoms with Crippen LogP contribution in [0.25, 0.3) is 0 Å². The zero-order chi connectivity index (χ0) is 23.2. The van der Waals surface area contributed by atoms with Crippen molar-refractivity contribution < 1.29 is 18.3 Å². The maximum Gasteiger partial charge on any atom is 0.243 e. The Kier molecular flexibility index (Phi) is 8.06. The molecule has 1 heterocycles. The van der Waals surface area contributed by atoms with E-state index in [-0.39, 0.29) is 28.8 Å². The Hall–Kier alpha value is -3.05. The third kappa shape index (κ3) is 5.56. The molecular formula is C20H29N6O4S-. The van der Waals surface area contributed by atoms with Gasteiger partial charge >= 0.3 is 0 Å². The van der Waals surface area contributed by atoms with E-state index in [4.69, 9.17) is 11.5 Å². The van der Waals surface area contributed by atoms with E-state index in [1.54, 1.807) is 45.0 Å². The van der Waals surface area contributed by atoms with Crippen LogP contribution >= 0.6 is 0 Å². The topological polar surface area (TPSA) is 158 Å². The average Bonchev–Trinajstić information content (AvgIpc) is 2.72. The molecule has 0 aliphatic heterocycles. The van der Waals surface area contributed by atoms with E-state index in [0.29, 0.717) is 31.7 Å². The third-order valence-corrected chi connectivity index (χ3v) is 6.95. The summed E-state index contributed by atoms with van der Waals surface area (Å²) in [5.41, 5.74) is 13.4. The lowest BCUT2D eigenvalue weighted by Crippen LogP contribution is -2.41. The fourth-order valence-electron chi connectivity index (χ4n) is 3.11. The van der Waals surface area contributed by atoms with Gasteiger partial charge in [-0.3, -0.25) is 0 Å². The number of carbonyl (C=O) groups is 1. The number of nitrogens with two attached hydrogens (primary N) is 2. The van der Waals surface area contributed by atoms with Gasteiger partial charge in [-0.2, -0.15) is 4.31 Å². The third-order valence-electron chi connectivity index (χ3n) is 4.88. The minimum atomic E-state index is -3.49. The fourth-order valence-corrected chi connectivity index (χ4v) is 4.57. The lowest BCUT2D eigenvalue weighted by atomic mass is 10.1. The van der Waals surface area contributed by atoms with Crippen molar-refractivity contribution in [2.45, 2.75) is 32.1 Å². The van der Waals surface area contributed by atoms with Gasteiger partial charge in [-0.05, 0) is 31.0 Å². The SMILES string of the molecule is CCN(C(=O)[O-])c1cc(NCCc2ccc(S(=O)(=O)N(CC)CC)cc2)c(N)c(N)n1. The number of anilines is 4. The van der Waals surface area contributed by atoms with E-state index < -0.39 is 16.1 Å². The van der Waals surface area contributed by atoms with Gasteiger partial charge in [0.2, 0.25) is 10.0 Å². The van der Waals surface area contributed by atoms with E-state index in [9.17, 15) is 18.3 Å². The number of pyridine rings is 1. The quantitative estimate of drug-likeness (QED) is 0.486. The summed E-state index contributed by atoms with van der Waals surface area (Å²) in [4.78, 5) is 16.5. The normalized spacial score (nSPS) is 11.5. The van der Waals surface area contributed by atoms with Crippen molar-refractivity contribution in [2.24, 2.45) is 0 Å². The Morgan fingerprint density at radius 2 is 1.71 bits per heavy atom. The van der Waals surface area contributed by atoms with Crippen molar-refractivity contribution in [3.8, 4) is 0 Å². The molecule has 1 amide bonds. The van der Waals surface area contributed by atoms with E-state index in [2.05, 4.69) is 10.3 Å². The second-order valence-electron chi connectivity index (χ2n) is 6.75.